The number of hydrogen-bond acceptors (Lipinski definition) is 20. The number of rotatable bonds is 24. The van der Waals surface area contributed by atoms with Gasteiger partial charge in [-0.3, -0.25) is 0 Å². The van der Waals surface area contributed by atoms with Crippen molar-refractivity contribution < 1.29 is 79.5 Å². The fraction of sp³-hybridized carbons (Fsp3) is 1.00. The Morgan fingerprint density at radius 2 is 0.632 bits per heavy atom. The van der Waals surface area contributed by atoms with Gasteiger partial charge in [-0.25, -0.2) is 5.21 Å². The molecule has 0 fully saturated rings. The van der Waals surface area contributed by atoms with Crippen LogP contribution in [0.3, 0.4) is 0 Å². The van der Waals surface area contributed by atoms with Crippen LogP contribution in [-0.4, -0.2) is 93.7 Å². The second-order valence-corrected chi connectivity index (χ2v) is 6.77. The molecule has 0 aliphatic carbocycles. The highest BCUT2D eigenvalue weighted by Gasteiger charge is 2.43. The number of hydrogen-bond donors (Lipinski definition) is 1. The van der Waals surface area contributed by atoms with Crippen LogP contribution in [-0.2, 0) is 38.7 Å². The average Bonchev–Trinajstić information content (AvgIpc) is 2.81. The van der Waals surface area contributed by atoms with Crippen LogP contribution in [0.4, 0.5) is 0 Å². The molecule has 0 saturated carbocycles. The van der Waals surface area contributed by atoms with Gasteiger partial charge >= 0.3 is 10.2 Å². The summed E-state index contributed by atoms with van der Waals surface area (Å²) in [6.45, 7) is -9.72. The fourth-order valence-electron chi connectivity index (χ4n) is 2.06. The summed E-state index contributed by atoms with van der Waals surface area (Å²) in [5.74, 6) is 0. The van der Waals surface area contributed by atoms with E-state index in [1.165, 1.54) is 0 Å². The molecule has 0 heterocycles. The topological polar surface area (TPSA) is 350 Å². The van der Waals surface area contributed by atoms with Gasteiger partial charge in [-0.1, -0.05) is 0 Å². The quantitative estimate of drug-likeness (QED) is 0.0942. The van der Waals surface area contributed by atoms with E-state index in [2.05, 4.69) is 38.7 Å². The van der Waals surface area contributed by atoms with E-state index in [9.17, 15) is 60.4 Å². The minimum absolute atomic E-state index is 0.847. The Bertz CT molecular complexity index is 721. The molecule has 0 amide bonds. The van der Waals surface area contributed by atoms with Crippen molar-refractivity contribution in [1.82, 2.24) is 0 Å². The van der Waals surface area contributed by atoms with E-state index in [1.54, 1.807) is 0 Å². The Morgan fingerprint density at radius 3 is 0.842 bits per heavy atom. The van der Waals surface area contributed by atoms with Crippen LogP contribution in [0.15, 0.2) is 0 Å². The molecular weight excluding hydrogens is 554 g/mol. The average molecular weight is 571 g/mol. The Kier molecular flexibility index (Phi) is 13.1. The first-order valence-electron chi connectivity index (χ1n) is 8.99. The molecule has 0 bridgehead atoms. The van der Waals surface area contributed by atoms with Crippen molar-refractivity contribution in [1.29, 1.82) is 0 Å². The first kappa shape index (κ1) is 32.4. The molecular formula is C10H17N7O21+2. The van der Waals surface area contributed by atoms with Gasteiger partial charge < -0.3 is 24.2 Å². The van der Waals surface area contributed by atoms with Crippen LogP contribution in [0.2, 0.25) is 0 Å². The standard InChI is InChI=1S/C10H17N7O21/c18-11(19)31-1-9(2-32-12(20)21,3-33-13(22)23)7-37-17(30)38-8-10(4-34-14(24)25,5-35-15(26)27)6-36-16(28)29/h1-8H2,(H,18,19)/q+2. The van der Waals surface area contributed by atoms with E-state index in [-0.39, 0.29) is 0 Å². The zero-order valence-corrected chi connectivity index (χ0v) is 18.4. The van der Waals surface area contributed by atoms with E-state index in [1.807, 2.05) is 0 Å². The molecule has 0 unspecified atom stereocenters. The van der Waals surface area contributed by atoms with Crippen LogP contribution in [0, 0.1) is 71.2 Å². The van der Waals surface area contributed by atoms with Crippen molar-refractivity contribution in [2.24, 2.45) is 10.8 Å². The summed E-state index contributed by atoms with van der Waals surface area (Å²) in [5, 5.41) is 52.2. The molecule has 0 saturated heterocycles. The highest BCUT2D eigenvalue weighted by atomic mass is 17.0. The Balaban J connectivity index is 5.68. The van der Waals surface area contributed by atoms with Gasteiger partial charge in [0, 0.05) is 0 Å². The molecule has 0 aliphatic rings. The van der Waals surface area contributed by atoms with Gasteiger partial charge in [0.05, 0.1) is 5.41 Å². The lowest BCUT2D eigenvalue weighted by Crippen LogP contribution is -2.46. The lowest BCUT2D eigenvalue weighted by molar-refractivity contribution is -0.988. The van der Waals surface area contributed by atoms with Crippen molar-refractivity contribution in [3.05, 3.63) is 60.4 Å². The first-order valence-corrected chi connectivity index (χ1v) is 8.99. The van der Waals surface area contributed by atoms with Crippen molar-refractivity contribution >= 4 is 0 Å². The van der Waals surface area contributed by atoms with Gasteiger partial charge in [0.15, 0.2) is 19.8 Å². The summed E-state index contributed by atoms with van der Waals surface area (Å²) >= 11 is 0. The molecule has 0 rings (SSSR count). The molecule has 38 heavy (non-hydrogen) atoms. The van der Waals surface area contributed by atoms with Crippen molar-refractivity contribution in [2.75, 3.05) is 52.9 Å². The summed E-state index contributed by atoms with van der Waals surface area (Å²) < 4.78 is 0. The second-order valence-electron chi connectivity index (χ2n) is 6.77. The highest BCUT2D eigenvalue weighted by molar-refractivity contribution is 4.78. The Morgan fingerprint density at radius 1 is 0.421 bits per heavy atom. The zero-order chi connectivity index (χ0) is 29.4. The van der Waals surface area contributed by atoms with Gasteiger partial charge in [-0.15, -0.1) is 50.6 Å². The molecule has 0 spiro atoms. The first-order chi connectivity index (χ1) is 17.6. The van der Waals surface area contributed by atoms with Crippen LogP contribution in [0.1, 0.15) is 0 Å². The molecule has 28 nitrogen and oxygen atoms in total. The Labute approximate surface area is 204 Å². The molecule has 1 N–H and O–H groups in total. The molecule has 0 aromatic carbocycles. The fourth-order valence-corrected chi connectivity index (χ4v) is 2.06. The third-order valence-corrected chi connectivity index (χ3v) is 3.81. The molecule has 0 radical (unpaired) electrons. The van der Waals surface area contributed by atoms with E-state index in [0.717, 1.165) is 0 Å². The van der Waals surface area contributed by atoms with E-state index in [4.69, 9.17) is 5.21 Å². The van der Waals surface area contributed by atoms with E-state index in [0.29, 0.717) is 0 Å². The van der Waals surface area contributed by atoms with Crippen molar-refractivity contribution in [3.63, 3.8) is 0 Å². The monoisotopic (exact) mass is 571 g/mol. The maximum absolute atomic E-state index is 12.0. The van der Waals surface area contributed by atoms with Crippen LogP contribution >= 0.6 is 0 Å². The molecule has 0 aromatic rings. The highest BCUT2D eigenvalue weighted by Crippen LogP contribution is 2.23. The summed E-state index contributed by atoms with van der Waals surface area (Å²) in [7, 11) is 0. The van der Waals surface area contributed by atoms with Crippen LogP contribution in [0.25, 0.3) is 0 Å². The van der Waals surface area contributed by atoms with E-state index < -0.39 is 99.3 Å². The van der Waals surface area contributed by atoms with Crippen LogP contribution in [0.5, 0.6) is 0 Å². The maximum atomic E-state index is 12.0. The van der Waals surface area contributed by atoms with Gasteiger partial charge in [-0.05, 0) is 0 Å². The minimum Gasteiger partial charge on any atom is -0.313 e. The lowest BCUT2D eigenvalue weighted by Gasteiger charge is -2.27. The predicted octanol–water partition coefficient (Wildman–Crippen LogP) is -2.26. The smallest absolute Gasteiger partial charge is 0.313 e. The van der Waals surface area contributed by atoms with Crippen molar-refractivity contribution in [2.45, 2.75) is 0 Å². The van der Waals surface area contributed by atoms with E-state index >= 15 is 0 Å². The lowest BCUT2D eigenvalue weighted by atomic mass is 9.92. The summed E-state index contributed by atoms with van der Waals surface area (Å²) in [6, 6.07) is 0. The van der Waals surface area contributed by atoms with Gasteiger partial charge in [0.1, 0.15) is 48.3 Å². The SMILES string of the molecule is O=[N+]([O-])OCC(CO[N+](=O)[O-])(CO[N+](=O)[O-])CO[N+](=O)OCC(CO[N+](=O)[O-])(CO[N+](=O)[O-])CO[N+](=O)O. The summed E-state index contributed by atoms with van der Waals surface area (Å²) in [5.41, 5.74) is -4.55. The molecule has 216 valence electrons. The molecule has 0 aromatic heterocycles. The van der Waals surface area contributed by atoms with Gasteiger partial charge in [-0.2, -0.15) is 14.5 Å². The maximum Gasteiger partial charge on any atom is 0.477 e. The molecule has 28 heteroatoms. The third-order valence-electron chi connectivity index (χ3n) is 3.81. The summed E-state index contributed by atoms with van der Waals surface area (Å²) in [6.07, 6.45) is 0. The van der Waals surface area contributed by atoms with Crippen LogP contribution < -0.4 is 0 Å². The summed E-state index contributed by atoms with van der Waals surface area (Å²) in [4.78, 5) is 109. The van der Waals surface area contributed by atoms with Gasteiger partial charge in [0.25, 0.3) is 25.4 Å². The number of nitrogens with zero attached hydrogens (tertiary/aromatic N) is 7. The van der Waals surface area contributed by atoms with Crippen molar-refractivity contribution in [3.8, 4) is 0 Å². The second kappa shape index (κ2) is 15.4. The largest absolute Gasteiger partial charge is 0.477 e. The van der Waals surface area contributed by atoms with Gasteiger partial charge in [0.2, 0.25) is 0 Å². The normalized spacial score (nSPS) is 10.7. The molecule has 0 atom stereocenters. The molecule has 0 aliphatic heterocycles. The minimum atomic E-state index is -2.29. The third kappa shape index (κ3) is 14.6. The Hall–Kier alpha value is -5.60. The predicted molar refractivity (Wildman–Crippen MR) is 96.5 cm³/mol. The zero-order valence-electron chi connectivity index (χ0n) is 18.4.